The van der Waals surface area contributed by atoms with Crippen LogP contribution in [0.25, 0.3) is 0 Å². The summed E-state index contributed by atoms with van der Waals surface area (Å²) in [6, 6.07) is 27.9. The van der Waals surface area contributed by atoms with Gasteiger partial charge in [0, 0.05) is 25.1 Å². The van der Waals surface area contributed by atoms with E-state index in [0.717, 1.165) is 58.7 Å². The molecule has 50 heavy (non-hydrogen) atoms. The predicted molar refractivity (Wildman–Crippen MR) is 196 cm³/mol. The van der Waals surface area contributed by atoms with Gasteiger partial charge in [-0.25, -0.2) is 8.42 Å². The number of carbonyl (C=O) groups excluding carboxylic acids is 2. The average Bonchev–Trinajstić information content (AvgIpc) is 3.13. The molecule has 5 rings (SSSR count). The average molecular weight is 698 g/mol. The molecule has 0 bridgehead atoms. The molecule has 0 heterocycles. The number of amides is 2. The predicted octanol–water partition coefficient (Wildman–Crippen LogP) is 6.60. The molecule has 1 N–H and O–H groups in total. The van der Waals surface area contributed by atoms with Crippen molar-refractivity contribution in [3.05, 3.63) is 119 Å². The molecule has 0 saturated heterocycles. The van der Waals surface area contributed by atoms with Crippen molar-refractivity contribution in [2.24, 2.45) is 0 Å². The maximum absolute atomic E-state index is 14.8. The molecule has 2 amide bonds. The van der Waals surface area contributed by atoms with E-state index < -0.39 is 28.5 Å². The number of hydrogen-bond acceptors (Lipinski definition) is 6. The summed E-state index contributed by atoms with van der Waals surface area (Å²) in [7, 11) is -1.40. The standard InChI is InChI=1S/C40H47N3O6S/c1-29-15-19-32(20-16-29)27-42(36(25-31-11-7-5-8-12-31)40(45)41-33-13-9-6-10-14-33)39(44)28-43(34-21-17-30(2)18-22-34)50(46,47)35-23-24-37(48-3)38(26-35)49-4/h5,7-8,11-12,15-24,26,33,36H,6,9-10,13-14,25,27-28H2,1-4H3,(H,41,45)/t36-/m0/s1. The molecule has 4 aromatic carbocycles. The fourth-order valence-electron chi connectivity index (χ4n) is 6.33. The minimum absolute atomic E-state index is 0.0281. The van der Waals surface area contributed by atoms with E-state index >= 15 is 0 Å². The van der Waals surface area contributed by atoms with Gasteiger partial charge in [0.1, 0.15) is 12.6 Å². The van der Waals surface area contributed by atoms with Crippen LogP contribution in [0.2, 0.25) is 0 Å². The number of ether oxygens (including phenoxy) is 2. The van der Waals surface area contributed by atoms with Gasteiger partial charge in [0.15, 0.2) is 11.5 Å². The van der Waals surface area contributed by atoms with Crippen molar-refractivity contribution in [3.63, 3.8) is 0 Å². The number of nitrogens with one attached hydrogen (secondary N) is 1. The Kier molecular flexibility index (Phi) is 12.2. The molecule has 10 heteroatoms. The van der Waals surface area contributed by atoms with Gasteiger partial charge in [-0.1, -0.05) is 97.1 Å². The Morgan fingerprint density at radius 2 is 1.40 bits per heavy atom. The van der Waals surface area contributed by atoms with E-state index in [9.17, 15) is 18.0 Å². The highest BCUT2D eigenvalue weighted by molar-refractivity contribution is 7.92. The van der Waals surface area contributed by atoms with E-state index in [0.29, 0.717) is 11.4 Å². The van der Waals surface area contributed by atoms with Crippen LogP contribution in [0, 0.1) is 13.8 Å². The van der Waals surface area contributed by atoms with E-state index in [1.54, 1.807) is 29.2 Å². The summed E-state index contributed by atoms with van der Waals surface area (Å²) in [5.74, 6) is -0.130. The third kappa shape index (κ3) is 9.04. The highest BCUT2D eigenvalue weighted by Crippen LogP contribution is 2.33. The number of methoxy groups -OCH3 is 2. The fourth-order valence-corrected chi connectivity index (χ4v) is 7.76. The quantitative estimate of drug-likeness (QED) is 0.159. The zero-order chi connectivity index (χ0) is 35.7. The highest BCUT2D eigenvalue weighted by atomic mass is 32.2. The maximum atomic E-state index is 14.8. The van der Waals surface area contributed by atoms with Crippen molar-refractivity contribution in [2.75, 3.05) is 25.1 Å². The molecule has 4 aromatic rings. The van der Waals surface area contributed by atoms with E-state index in [1.807, 2.05) is 68.4 Å². The lowest BCUT2D eigenvalue weighted by atomic mass is 9.94. The van der Waals surface area contributed by atoms with Crippen molar-refractivity contribution in [1.29, 1.82) is 0 Å². The molecule has 9 nitrogen and oxygen atoms in total. The Morgan fingerprint density at radius 1 is 0.780 bits per heavy atom. The van der Waals surface area contributed by atoms with E-state index in [2.05, 4.69) is 5.32 Å². The zero-order valence-electron chi connectivity index (χ0n) is 29.3. The maximum Gasteiger partial charge on any atom is 0.264 e. The first kappa shape index (κ1) is 36.5. The Morgan fingerprint density at radius 3 is 2.02 bits per heavy atom. The first-order chi connectivity index (χ1) is 24.1. The lowest BCUT2D eigenvalue weighted by Crippen LogP contribution is -2.55. The highest BCUT2D eigenvalue weighted by Gasteiger charge is 2.35. The van der Waals surface area contributed by atoms with Gasteiger partial charge in [-0.05, 0) is 62.1 Å². The third-order valence-electron chi connectivity index (χ3n) is 9.24. The summed E-state index contributed by atoms with van der Waals surface area (Å²) >= 11 is 0. The van der Waals surface area contributed by atoms with Crippen LogP contribution >= 0.6 is 0 Å². The van der Waals surface area contributed by atoms with Gasteiger partial charge in [-0.15, -0.1) is 0 Å². The van der Waals surface area contributed by atoms with Crippen molar-refractivity contribution in [1.82, 2.24) is 10.2 Å². The summed E-state index contributed by atoms with van der Waals surface area (Å²) in [4.78, 5) is 30.6. The van der Waals surface area contributed by atoms with Crippen LogP contribution in [0.4, 0.5) is 5.69 Å². The van der Waals surface area contributed by atoms with Crippen LogP contribution in [-0.4, -0.2) is 58.0 Å². The monoisotopic (exact) mass is 697 g/mol. The second-order valence-corrected chi connectivity index (χ2v) is 14.8. The van der Waals surface area contributed by atoms with Gasteiger partial charge >= 0.3 is 0 Å². The van der Waals surface area contributed by atoms with Crippen LogP contribution in [0.15, 0.2) is 102 Å². The van der Waals surface area contributed by atoms with Gasteiger partial charge in [-0.3, -0.25) is 13.9 Å². The molecule has 264 valence electrons. The SMILES string of the molecule is COc1ccc(S(=O)(=O)N(CC(=O)N(Cc2ccc(C)cc2)[C@@H](Cc2ccccc2)C(=O)NC2CCCCC2)c2ccc(C)cc2)cc1OC. The summed E-state index contributed by atoms with van der Waals surface area (Å²) in [6.07, 6.45) is 5.27. The van der Waals surface area contributed by atoms with Gasteiger partial charge in [0.05, 0.1) is 24.8 Å². The van der Waals surface area contributed by atoms with Crippen molar-refractivity contribution < 1.29 is 27.5 Å². The molecule has 1 aliphatic rings. The van der Waals surface area contributed by atoms with Crippen LogP contribution in [0.3, 0.4) is 0 Å². The minimum atomic E-state index is -4.31. The third-order valence-corrected chi connectivity index (χ3v) is 11.0. The van der Waals surface area contributed by atoms with Crippen LogP contribution in [-0.2, 0) is 32.6 Å². The number of carbonyl (C=O) groups is 2. The first-order valence-electron chi connectivity index (χ1n) is 17.1. The van der Waals surface area contributed by atoms with Crippen molar-refractivity contribution in [3.8, 4) is 11.5 Å². The minimum Gasteiger partial charge on any atom is -0.493 e. The smallest absolute Gasteiger partial charge is 0.264 e. The van der Waals surface area contributed by atoms with E-state index in [4.69, 9.17) is 9.47 Å². The Labute approximate surface area is 296 Å². The second kappa shape index (κ2) is 16.7. The van der Waals surface area contributed by atoms with Crippen LogP contribution in [0.5, 0.6) is 11.5 Å². The molecule has 0 unspecified atom stereocenters. The van der Waals surface area contributed by atoms with Crippen molar-refractivity contribution in [2.45, 2.75) is 75.9 Å². The van der Waals surface area contributed by atoms with Crippen molar-refractivity contribution >= 4 is 27.5 Å². The van der Waals surface area contributed by atoms with Gasteiger partial charge in [0.2, 0.25) is 11.8 Å². The number of benzene rings is 4. The Bertz CT molecular complexity index is 1840. The fraction of sp³-hybridized carbons (Fsp3) is 0.350. The van der Waals surface area contributed by atoms with Gasteiger partial charge < -0.3 is 19.7 Å². The number of aryl methyl sites for hydroxylation is 2. The molecular formula is C40H47N3O6S. The summed E-state index contributed by atoms with van der Waals surface area (Å²) in [5, 5.41) is 3.25. The largest absolute Gasteiger partial charge is 0.493 e. The lowest BCUT2D eigenvalue weighted by molar-refractivity contribution is -0.140. The first-order valence-corrected chi connectivity index (χ1v) is 18.5. The number of rotatable bonds is 14. The molecule has 0 spiro atoms. The van der Waals surface area contributed by atoms with Gasteiger partial charge in [-0.2, -0.15) is 0 Å². The Hall–Kier alpha value is -4.83. The molecule has 1 aliphatic carbocycles. The van der Waals surface area contributed by atoms with Crippen LogP contribution < -0.4 is 19.1 Å². The molecule has 1 saturated carbocycles. The molecule has 0 aliphatic heterocycles. The topological polar surface area (TPSA) is 105 Å². The summed E-state index contributed by atoms with van der Waals surface area (Å²) in [6.45, 7) is 3.48. The number of hydrogen-bond donors (Lipinski definition) is 1. The molecule has 1 fully saturated rings. The van der Waals surface area contributed by atoms with Crippen LogP contribution in [0.1, 0.15) is 54.4 Å². The number of sulfonamides is 1. The lowest BCUT2D eigenvalue weighted by Gasteiger charge is -2.35. The number of nitrogens with zero attached hydrogens (tertiary/aromatic N) is 2. The normalized spacial score (nSPS) is 14.0. The van der Waals surface area contributed by atoms with E-state index in [1.165, 1.54) is 32.4 Å². The van der Waals surface area contributed by atoms with E-state index in [-0.39, 0.29) is 35.6 Å². The number of anilines is 1. The van der Waals surface area contributed by atoms with Gasteiger partial charge in [0.25, 0.3) is 10.0 Å². The Balaban J connectivity index is 1.57. The summed E-state index contributed by atoms with van der Waals surface area (Å²) < 4.78 is 40.8. The molecule has 1 atom stereocenters. The zero-order valence-corrected chi connectivity index (χ0v) is 30.1. The molecule has 0 aromatic heterocycles. The molecular weight excluding hydrogens is 651 g/mol. The second-order valence-electron chi connectivity index (χ2n) is 12.9. The molecule has 0 radical (unpaired) electrons. The summed E-state index contributed by atoms with van der Waals surface area (Å²) in [5.41, 5.74) is 4.05.